The lowest BCUT2D eigenvalue weighted by Crippen LogP contribution is -2.05. The number of unbranched alkanes of at least 4 members (excludes halogenated alkanes) is 2. The van der Waals surface area contributed by atoms with Crippen molar-refractivity contribution < 1.29 is 12.6 Å². The lowest BCUT2D eigenvalue weighted by atomic mass is 10.0. The number of pyridine rings is 3. The molecule has 0 radical (unpaired) electrons. The smallest absolute Gasteiger partial charge is 0.190 e. The zero-order valence-electron chi connectivity index (χ0n) is 54.9. The SMILES string of the molecule is C.C.C.C.CC(C)S(=O)c1sc2nc(-c3cccs3)cc(-c3ccccc3)c2c1N.CCCCS(=O)c1sc2nc(-c3nccs3)nc(-c3ccccc3)c2c1N.CCCCSc1cc2ccc(-c3ccccc3)nc2s1.CCCS(=O)c1sc2nc(-c3cccs3)cc(-c3ccccc3)c2c1N. The molecule has 103 heavy (non-hydrogen) atoms. The minimum Gasteiger partial charge on any atom is -0.396 e. The van der Waals surface area contributed by atoms with Crippen LogP contribution < -0.4 is 17.2 Å². The van der Waals surface area contributed by atoms with Gasteiger partial charge in [0.15, 0.2) is 10.8 Å². The average Bonchev–Trinajstić information content (AvgIpc) is 1.65. The molecule has 0 aliphatic rings. The number of hydrogen-bond acceptors (Lipinski definition) is 20. The van der Waals surface area contributed by atoms with Gasteiger partial charge >= 0.3 is 0 Å². The van der Waals surface area contributed by atoms with Crippen LogP contribution in [0.5, 0.6) is 0 Å². The Kier molecular flexibility index (Phi) is 30.3. The van der Waals surface area contributed by atoms with Crippen LogP contribution in [0.25, 0.3) is 118 Å². The molecule has 536 valence electrons. The van der Waals surface area contributed by atoms with Crippen LogP contribution in [0.3, 0.4) is 0 Å². The summed E-state index contributed by atoms with van der Waals surface area (Å²) in [7, 11) is -3.33. The first-order chi connectivity index (χ1) is 48.3. The van der Waals surface area contributed by atoms with E-state index in [0.717, 1.165) is 129 Å². The van der Waals surface area contributed by atoms with E-state index in [0.29, 0.717) is 38.6 Å². The third-order valence-electron chi connectivity index (χ3n) is 15.5. The highest BCUT2D eigenvalue weighted by atomic mass is 32.2. The van der Waals surface area contributed by atoms with Gasteiger partial charge in [-0.2, -0.15) is 0 Å². The van der Waals surface area contributed by atoms with E-state index >= 15 is 0 Å². The van der Waals surface area contributed by atoms with E-state index < -0.39 is 32.4 Å². The molecule has 0 amide bonds. The van der Waals surface area contributed by atoms with Crippen molar-refractivity contribution >= 4 is 181 Å². The fourth-order valence-corrected chi connectivity index (χ4v) is 23.0. The fourth-order valence-electron chi connectivity index (χ4n) is 10.6. The second-order valence-electron chi connectivity index (χ2n) is 22.9. The van der Waals surface area contributed by atoms with E-state index in [1.165, 1.54) is 79.1 Å². The monoisotopic (exact) mass is 1570 g/mol. The average molecular weight is 1580 g/mol. The third kappa shape index (κ3) is 19.0. The van der Waals surface area contributed by atoms with E-state index in [9.17, 15) is 12.6 Å². The number of anilines is 3. The van der Waals surface area contributed by atoms with E-state index in [-0.39, 0.29) is 35.0 Å². The number of fused-ring (bicyclic) bond motifs is 4. The first-order valence-electron chi connectivity index (χ1n) is 32.3. The third-order valence-corrected chi connectivity index (χ3v) is 29.6. The summed E-state index contributed by atoms with van der Waals surface area (Å²) in [5.74, 6) is 3.01. The molecule has 0 spiro atoms. The van der Waals surface area contributed by atoms with Crippen LogP contribution in [-0.2, 0) is 32.4 Å². The molecule has 15 aromatic rings. The lowest BCUT2D eigenvalue weighted by Gasteiger charge is -2.08. The molecule has 0 aliphatic heterocycles. The summed E-state index contributed by atoms with van der Waals surface area (Å²) in [6.07, 6.45) is 7.04. The second kappa shape index (κ2) is 38.5. The summed E-state index contributed by atoms with van der Waals surface area (Å²) >= 11 is 12.9. The summed E-state index contributed by atoms with van der Waals surface area (Å²) in [6.45, 7) is 10.2. The molecule has 15 rings (SSSR count). The Balaban J connectivity index is 0.000000173. The van der Waals surface area contributed by atoms with Crippen molar-refractivity contribution in [2.24, 2.45) is 0 Å². The van der Waals surface area contributed by atoms with Crippen molar-refractivity contribution in [2.45, 2.75) is 119 Å². The maximum absolute atomic E-state index is 12.7. The Morgan fingerprint density at radius 3 is 1.43 bits per heavy atom. The molecule has 3 unspecified atom stereocenters. The van der Waals surface area contributed by atoms with E-state index in [2.05, 4.69) is 115 Å². The highest BCUT2D eigenvalue weighted by Crippen LogP contribution is 2.47. The van der Waals surface area contributed by atoms with Gasteiger partial charge in [-0.15, -0.1) is 91.1 Å². The maximum Gasteiger partial charge on any atom is 0.190 e. The Bertz CT molecular complexity index is 5240. The van der Waals surface area contributed by atoms with Gasteiger partial charge in [-0.25, -0.2) is 29.9 Å². The number of thiazole rings is 1. The number of nitrogen functional groups attached to an aromatic ring is 3. The summed E-state index contributed by atoms with van der Waals surface area (Å²) in [5.41, 5.74) is 31.2. The van der Waals surface area contributed by atoms with Crippen LogP contribution >= 0.6 is 91.1 Å². The number of hydrogen-bond donors (Lipinski definition) is 3. The molecule has 0 bridgehead atoms. The Labute approximate surface area is 645 Å². The summed E-state index contributed by atoms with van der Waals surface area (Å²) in [4.78, 5) is 34.1. The highest BCUT2D eigenvalue weighted by molar-refractivity contribution is 8.01. The minimum absolute atomic E-state index is 0. The summed E-state index contributed by atoms with van der Waals surface area (Å²) in [6, 6.07) is 59.6. The van der Waals surface area contributed by atoms with E-state index in [4.69, 9.17) is 37.1 Å². The van der Waals surface area contributed by atoms with Gasteiger partial charge in [0.2, 0.25) is 0 Å². The van der Waals surface area contributed by atoms with Crippen LogP contribution in [0.1, 0.15) is 96.4 Å². The van der Waals surface area contributed by atoms with Crippen LogP contribution in [0.2, 0.25) is 0 Å². The first-order valence-corrected chi connectivity index (χ1v) is 43.0. The molecule has 4 aromatic carbocycles. The maximum atomic E-state index is 12.7. The topological polar surface area (TPSA) is 207 Å². The molecule has 11 heterocycles. The molecule has 23 heteroatoms. The van der Waals surface area contributed by atoms with Crippen LogP contribution in [0.4, 0.5) is 17.1 Å². The van der Waals surface area contributed by atoms with Gasteiger partial charge in [0, 0.05) is 55.6 Å². The summed E-state index contributed by atoms with van der Waals surface area (Å²) in [5, 5.41) is 10.6. The second-order valence-corrected chi connectivity index (χ2v) is 36.8. The van der Waals surface area contributed by atoms with Crippen LogP contribution in [0, 0.1) is 0 Å². The normalized spacial score (nSPS) is 11.8. The van der Waals surface area contributed by atoms with Crippen LogP contribution in [0.15, 0.2) is 215 Å². The lowest BCUT2D eigenvalue weighted by molar-refractivity contribution is 0.678. The number of aromatic nitrogens is 6. The van der Waals surface area contributed by atoms with Gasteiger partial charge in [-0.3, -0.25) is 12.6 Å². The Morgan fingerprint density at radius 2 is 0.932 bits per heavy atom. The number of rotatable bonds is 20. The standard InChI is InChI=1S/2C20H18N2OS3.C19H18N4OS3.C17H17NS2.4CH4/c1-12(2)26(23)20-18(21)17-14(13-7-4-3-5-8-13)11-15(22-19(17)25-20)16-9-6-10-24-16;1-2-11-26(23)20-18(21)17-14(13-7-4-3-5-8-13)12-15(22-19(17)25-20)16-9-6-10-24-16;1-2-3-11-27(24)19-14(20)13-15(12-7-5-4-6-8-12)22-16(23-17(13)26-19)18-21-9-10-25-18;1-2-3-11-19-16-12-14-9-10-15(18-17(14)20-16)13-7-5-4-6-8-13;;;;/h3-12H,21H2,1-2H3;3-10,12H,2,11,21H2,1H3;4-10H,2-3,11,20H2,1H3;4-10,12H,2-3,11H2,1H3;4*1H4. The number of nitrogens with two attached hydrogens (primary N) is 3. The van der Waals surface area contributed by atoms with Gasteiger partial charge < -0.3 is 17.2 Å². The minimum atomic E-state index is -1.13. The fraction of sp³-hybridized carbons (Fsp3) is 0.225. The summed E-state index contributed by atoms with van der Waals surface area (Å²) < 4.78 is 41.6. The molecular formula is C80H87N9O3S11. The van der Waals surface area contributed by atoms with E-state index in [1.54, 1.807) is 28.9 Å². The Hall–Kier alpha value is -7.52. The first kappa shape index (κ1) is 81.2. The number of nitrogens with zero attached hydrogens (tertiary/aromatic N) is 6. The van der Waals surface area contributed by atoms with Crippen molar-refractivity contribution in [1.29, 1.82) is 0 Å². The zero-order valence-corrected chi connectivity index (χ0v) is 63.9. The molecule has 0 fully saturated rings. The van der Waals surface area contributed by atoms with Gasteiger partial charge in [0.1, 0.15) is 31.9 Å². The molecule has 11 aromatic heterocycles. The van der Waals surface area contributed by atoms with Crippen molar-refractivity contribution in [2.75, 3.05) is 34.5 Å². The van der Waals surface area contributed by atoms with Crippen molar-refractivity contribution in [3.05, 3.63) is 198 Å². The molecule has 0 aliphatic carbocycles. The van der Waals surface area contributed by atoms with Crippen molar-refractivity contribution in [3.63, 3.8) is 0 Å². The zero-order chi connectivity index (χ0) is 68.9. The molecule has 12 nitrogen and oxygen atoms in total. The van der Waals surface area contributed by atoms with E-state index in [1.807, 2.05) is 145 Å². The molecule has 0 saturated heterocycles. The van der Waals surface area contributed by atoms with Gasteiger partial charge in [-0.05, 0) is 100 Å². The van der Waals surface area contributed by atoms with Gasteiger partial charge in [-0.1, -0.05) is 211 Å². The number of thiophene rings is 6. The molecular weight excluding hydrogens is 1490 g/mol. The molecule has 0 saturated carbocycles. The number of benzene rings is 4. The van der Waals surface area contributed by atoms with Crippen molar-refractivity contribution in [1.82, 2.24) is 29.9 Å². The largest absolute Gasteiger partial charge is 0.396 e. The van der Waals surface area contributed by atoms with Gasteiger partial charge in [0.05, 0.1) is 91.6 Å². The Morgan fingerprint density at radius 1 is 0.447 bits per heavy atom. The van der Waals surface area contributed by atoms with Gasteiger partial charge in [0.25, 0.3) is 0 Å². The number of thioether (sulfide) groups is 1. The predicted molar refractivity (Wildman–Crippen MR) is 461 cm³/mol. The molecule has 3 atom stereocenters. The molecule has 6 N–H and O–H groups in total. The highest BCUT2D eigenvalue weighted by Gasteiger charge is 2.26. The van der Waals surface area contributed by atoms with Crippen LogP contribution in [-0.4, -0.2) is 65.0 Å². The quantitative estimate of drug-likeness (QED) is 0.0480. The predicted octanol–water partition coefficient (Wildman–Crippen LogP) is 25.0. The van der Waals surface area contributed by atoms with Crippen molar-refractivity contribution in [3.8, 4) is 76.7 Å².